The van der Waals surface area contributed by atoms with E-state index in [0.717, 1.165) is 81.6 Å². The van der Waals surface area contributed by atoms with Crippen LogP contribution in [0.4, 0.5) is 28.4 Å². The number of sulfonamides is 1. The second kappa shape index (κ2) is 18.4. The number of nitrogens with zero attached hydrogens (tertiary/aromatic N) is 5. The molecule has 0 unspecified atom stereocenters. The molecule has 0 bridgehead atoms. The Morgan fingerprint density at radius 1 is 0.957 bits per heavy atom. The maximum Gasteiger partial charge on any atom is 0.293 e. The van der Waals surface area contributed by atoms with Crippen LogP contribution in [-0.4, -0.2) is 116 Å². The van der Waals surface area contributed by atoms with Gasteiger partial charge in [0.1, 0.15) is 23.1 Å². The van der Waals surface area contributed by atoms with Gasteiger partial charge >= 0.3 is 0 Å². The van der Waals surface area contributed by atoms with Gasteiger partial charge in [-0.15, -0.1) is 0 Å². The number of rotatable bonds is 11. The van der Waals surface area contributed by atoms with Gasteiger partial charge in [0.05, 0.1) is 39.3 Å². The van der Waals surface area contributed by atoms with Crippen LogP contribution in [0.3, 0.4) is 0 Å². The third-order valence-electron chi connectivity index (χ3n) is 16.1. The number of aliphatic hydroxyl groups is 1. The molecule has 7 heterocycles. The minimum Gasteiger partial charge on any atom is -0.468 e. The number of hydrogen-bond acceptors (Lipinski definition) is 14. The summed E-state index contributed by atoms with van der Waals surface area (Å²) in [6.07, 6.45) is 9.43. The van der Waals surface area contributed by atoms with Crippen molar-refractivity contribution in [1.82, 2.24) is 19.6 Å². The topological polar surface area (TPSA) is 205 Å². The Hall–Kier alpha value is -5.79. The normalized spacial score (nSPS) is 25.2. The van der Waals surface area contributed by atoms with E-state index in [-0.39, 0.29) is 34.7 Å². The molecule has 70 heavy (non-hydrogen) atoms. The Kier molecular flexibility index (Phi) is 12.3. The van der Waals surface area contributed by atoms with Crippen molar-refractivity contribution >= 4 is 55.4 Å². The predicted molar refractivity (Wildman–Crippen MR) is 265 cm³/mol. The number of aryl methyl sites for hydroxylation is 1. The molecule has 5 aromatic rings. The van der Waals surface area contributed by atoms with Crippen molar-refractivity contribution in [3.63, 3.8) is 0 Å². The van der Waals surface area contributed by atoms with Crippen LogP contribution in [0.15, 0.2) is 83.9 Å². The summed E-state index contributed by atoms with van der Waals surface area (Å²) in [5.41, 5.74) is 4.70. The molecule has 6 aliphatic rings. The molecule has 17 nitrogen and oxygen atoms in total. The van der Waals surface area contributed by atoms with Crippen LogP contribution in [0.2, 0.25) is 0 Å². The average molecular weight is 975 g/mol. The van der Waals surface area contributed by atoms with E-state index in [1.807, 2.05) is 31.2 Å². The number of ether oxygens (including phenoxy) is 3. The van der Waals surface area contributed by atoms with Gasteiger partial charge in [-0.2, -0.15) is 4.98 Å². The minimum atomic E-state index is -4.61. The van der Waals surface area contributed by atoms with Crippen LogP contribution >= 0.6 is 0 Å². The number of carbonyl (C=O) groups is 1. The summed E-state index contributed by atoms with van der Waals surface area (Å²) in [5, 5.41) is 27.6. The Morgan fingerprint density at radius 2 is 1.74 bits per heavy atom. The zero-order valence-electron chi connectivity index (χ0n) is 39.8. The number of H-pyrrole nitrogens is 1. The van der Waals surface area contributed by atoms with Crippen molar-refractivity contribution in [1.29, 1.82) is 0 Å². The van der Waals surface area contributed by atoms with Gasteiger partial charge in [0.2, 0.25) is 5.88 Å². The summed E-state index contributed by atoms with van der Waals surface area (Å²) in [6, 6.07) is 22.2. The standard InChI is InChI=1S/C52H62N8O9S/c1-33-5-3-4-6-39(33)42-11-16-51(2,62)32-58(42)37-28-52(29-37)17-20-57(21-18-52)36-7-9-40(44(26-36)59-43-15-24-68-31-47(43)69-50-46(59)25-35-12-19-53-48(35)55-50)49(61)56-70(65,66)38-8-10-41(45(27-38)60(63)64)54-30-34-13-22-67-23-14-34/h3-10,12,19,25-27,34,37,42-43,47,54,62H,11,13-18,20-24,28-32H2,1-2H3,(H,53,55)(H,56,61)/t42-,43-,47-,51+/m0/s1. The molecule has 3 aromatic carbocycles. The number of pyridine rings is 1. The summed E-state index contributed by atoms with van der Waals surface area (Å²) in [6.45, 7) is 8.90. The van der Waals surface area contributed by atoms with Gasteiger partial charge in [-0.1, -0.05) is 24.3 Å². The highest BCUT2D eigenvalue weighted by molar-refractivity contribution is 7.90. The fraction of sp³-hybridized carbons (Fsp3) is 0.500. The molecule has 1 amide bonds. The van der Waals surface area contributed by atoms with Gasteiger partial charge in [0, 0.05) is 81.4 Å². The van der Waals surface area contributed by atoms with E-state index in [9.17, 15) is 28.4 Å². The van der Waals surface area contributed by atoms with Gasteiger partial charge in [-0.25, -0.2) is 13.1 Å². The molecule has 4 saturated heterocycles. The average Bonchev–Trinajstić information content (AvgIpc) is 3.81. The van der Waals surface area contributed by atoms with E-state index in [1.54, 1.807) is 12.3 Å². The molecule has 2 aromatic heterocycles. The summed E-state index contributed by atoms with van der Waals surface area (Å²) in [5.74, 6) is -0.248. The van der Waals surface area contributed by atoms with Gasteiger partial charge in [-0.05, 0) is 137 Å². The third kappa shape index (κ3) is 8.97. The number of piperidine rings is 2. The number of nitro groups is 1. The van der Waals surface area contributed by atoms with E-state index in [0.29, 0.717) is 74.9 Å². The fourth-order valence-electron chi connectivity index (χ4n) is 12.2. The monoisotopic (exact) mass is 974 g/mol. The molecular weight excluding hydrogens is 913 g/mol. The Labute approximate surface area is 408 Å². The minimum absolute atomic E-state index is 0.111. The highest BCUT2D eigenvalue weighted by atomic mass is 32.2. The zero-order valence-corrected chi connectivity index (χ0v) is 40.6. The second-order valence-electron chi connectivity index (χ2n) is 20.8. The van der Waals surface area contributed by atoms with Crippen LogP contribution in [0.1, 0.15) is 92.2 Å². The van der Waals surface area contributed by atoms with Crippen LogP contribution in [-0.2, 0) is 19.5 Å². The maximum absolute atomic E-state index is 14.7. The molecule has 4 N–H and O–H groups in total. The van der Waals surface area contributed by atoms with E-state index < -0.39 is 43.1 Å². The summed E-state index contributed by atoms with van der Waals surface area (Å²) in [7, 11) is -4.61. The highest BCUT2D eigenvalue weighted by Crippen LogP contribution is 2.55. The molecule has 370 valence electrons. The largest absolute Gasteiger partial charge is 0.468 e. The highest BCUT2D eigenvalue weighted by Gasteiger charge is 2.51. The second-order valence-corrected chi connectivity index (χ2v) is 22.5. The molecule has 0 radical (unpaired) electrons. The van der Waals surface area contributed by atoms with Crippen molar-refractivity contribution in [3.05, 3.63) is 106 Å². The number of anilines is 4. The molecule has 1 saturated carbocycles. The number of fused-ring (bicyclic) bond motifs is 3. The number of hydrogen-bond donors (Lipinski definition) is 4. The molecular formula is C52H62N8O9S. The van der Waals surface area contributed by atoms with Crippen LogP contribution in [0.5, 0.6) is 5.88 Å². The van der Waals surface area contributed by atoms with Crippen molar-refractivity contribution in [3.8, 4) is 5.88 Å². The number of amides is 1. The number of likely N-dealkylation sites (tertiary alicyclic amines) is 1. The number of carbonyl (C=O) groups excluding carboxylic acids is 1. The lowest BCUT2D eigenvalue weighted by atomic mass is 9.59. The molecule has 11 rings (SSSR count). The van der Waals surface area contributed by atoms with Crippen molar-refractivity contribution in [2.45, 2.75) is 106 Å². The SMILES string of the molecule is Cc1ccccc1[C@@H]1CC[C@@](C)(O)CN1C1CC2(CCN(c3ccc(C(=O)NS(=O)(=O)c4ccc(NCC5CCOCC5)c([N+](=O)[O-])c4)c(N4c5cc6cc[nH]c6nc5O[C@H]5COCC[C@@H]54)c3)CC2)C1. The predicted octanol–water partition coefficient (Wildman–Crippen LogP) is 7.76. The fourth-order valence-corrected chi connectivity index (χ4v) is 13.2. The first-order chi connectivity index (χ1) is 33.7. The number of aromatic amines is 1. The third-order valence-corrected chi connectivity index (χ3v) is 17.5. The Morgan fingerprint density at radius 3 is 2.53 bits per heavy atom. The lowest BCUT2D eigenvalue weighted by Crippen LogP contribution is -2.60. The first kappa shape index (κ1) is 46.6. The molecule has 1 aliphatic carbocycles. The first-order valence-corrected chi connectivity index (χ1v) is 26.3. The molecule has 18 heteroatoms. The number of β-amino-alcohol motifs (C(OH)–C–C–N with tert-alkyl or cyclic N) is 1. The van der Waals surface area contributed by atoms with E-state index in [4.69, 9.17) is 19.2 Å². The summed E-state index contributed by atoms with van der Waals surface area (Å²) < 4.78 is 48.4. The number of benzene rings is 3. The van der Waals surface area contributed by atoms with Crippen molar-refractivity contribution in [2.24, 2.45) is 11.3 Å². The Bertz CT molecular complexity index is 2910. The number of nitro benzene ring substituents is 1. The lowest BCUT2D eigenvalue weighted by molar-refractivity contribution is -0.384. The first-order valence-electron chi connectivity index (χ1n) is 24.8. The quantitative estimate of drug-likeness (QED) is 0.0738. The molecule has 5 fully saturated rings. The summed E-state index contributed by atoms with van der Waals surface area (Å²) in [4.78, 5) is 41.0. The van der Waals surface area contributed by atoms with Crippen molar-refractivity contribution < 1.29 is 37.5 Å². The van der Waals surface area contributed by atoms with Crippen LogP contribution in [0, 0.1) is 28.4 Å². The van der Waals surface area contributed by atoms with Gasteiger partial charge in [0.15, 0.2) is 0 Å². The zero-order chi connectivity index (χ0) is 48.4. The lowest BCUT2D eigenvalue weighted by Gasteiger charge is -2.59. The smallest absolute Gasteiger partial charge is 0.293 e. The van der Waals surface area contributed by atoms with Gasteiger partial charge in [-0.3, -0.25) is 19.8 Å². The van der Waals surface area contributed by atoms with E-state index >= 15 is 0 Å². The molecule has 4 atom stereocenters. The number of nitrogens with one attached hydrogen (secondary N) is 3. The molecule has 1 spiro atoms. The van der Waals surface area contributed by atoms with E-state index in [2.05, 4.69) is 60.9 Å². The Balaban J connectivity index is 0.879. The summed E-state index contributed by atoms with van der Waals surface area (Å²) >= 11 is 0. The van der Waals surface area contributed by atoms with Crippen LogP contribution in [0.25, 0.3) is 11.0 Å². The number of aromatic nitrogens is 2. The van der Waals surface area contributed by atoms with E-state index in [1.165, 1.54) is 23.3 Å². The van der Waals surface area contributed by atoms with Crippen molar-refractivity contribution in [2.75, 3.05) is 67.7 Å². The van der Waals surface area contributed by atoms with Gasteiger partial charge < -0.3 is 39.4 Å². The van der Waals surface area contributed by atoms with Gasteiger partial charge in [0.25, 0.3) is 21.6 Å². The van der Waals surface area contributed by atoms with Crippen LogP contribution < -0.4 is 24.6 Å². The molecule has 5 aliphatic heterocycles. The maximum atomic E-state index is 14.7.